The molecule has 3 nitrogen and oxygen atoms in total. The standard InChI is InChI=1S/C17H25FN2O/c1-2-8-19-9-13-15(18)4-3-5-16(13)20-10-12-6-7-17(21)14(12)11-20/h3-5,12,14,17,19,21H,2,6-11H2,1H3. The Morgan fingerprint density at radius 2 is 2.19 bits per heavy atom. The number of fused-ring (bicyclic) bond motifs is 1. The largest absolute Gasteiger partial charge is 0.393 e. The Morgan fingerprint density at radius 1 is 1.33 bits per heavy atom. The second kappa shape index (κ2) is 6.32. The number of aliphatic hydroxyl groups is 1. The van der Waals surface area contributed by atoms with Crippen LogP contribution in [-0.2, 0) is 6.54 Å². The van der Waals surface area contributed by atoms with E-state index in [1.165, 1.54) is 6.07 Å². The average molecular weight is 292 g/mol. The summed E-state index contributed by atoms with van der Waals surface area (Å²) in [6.45, 7) is 5.39. The van der Waals surface area contributed by atoms with Crippen molar-refractivity contribution in [2.24, 2.45) is 11.8 Å². The number of nitrogens with one attached hydrogen (secondary N) is 1. The van der Waals surface area contributed by atoms with Gasteiger partial charge in [-0.3, -0.25) is 0 Å². The van der Waals surface area contributed by atoms with Crippen molar-refractivity contribution in [1.82, 2.24) is 5.32 Å². The van der Waals surface area contributed by atoms with E-state index < -0.39 is 0 Å². The lowest BCUT2D eigenvalue weighted by atomic mass is 10.00. The molecule has 2 aliphatic rings. The minimum Gasteiger partial charge on any atom is -0.393 e. The molecule has 1 saturated heterocycles. The van der Waals surface area contributed by atoms with Gasteiger partial charge in [0.05, 0.1) is 6.10 Å². The first kappa shape index (κ1) is 14.8. The summed E-state index contributed by atoms with van der Waals surface area (Å²) in [5.74, 6) is 0.804. The summed E-state index contributed by atoms with van der Waals surface area (Å²) in [7, 11) is 0. The summed E-state index contributed by atoms with van der Waals surface area (Å²) in [5, 5.41) is 13.3. The van der Waals surface area contributed by atoms with Crippen molar-refractivity contribution in [3.8, 4) is 0 Å². The number of nitrogens with zero attached hydrogens (tertiary/aromatic N) is 1. The van der Waals surface area contributed by atoms with Crippen LogP contribution in [0.25, 0.3) is 0 Å². The Bertz CT molecular complexity index is 494. The number of hydrogen-bond donors (Lipinski definition) is 2. The highest BCUT2D eigenvalue weighted by molar-refractivity contribution is 5.55. The second-order valence-electron chi connectivity index (χ2n) is 6.39. The van der Waals surface area contributed by atoms with Gasteiger partial charge in [-0.25, -0.2) is 4.39 Å². The second-order valence-corrected chi connectivity index (χ2v) is 6.39. The molecule has 1 aromatic rings. The molecule has 3 unspecified atom stereocenters. The topological polar surface area (TPSA) is 35.5 Å². The smallest absolute Gasteiger partial charge is 0.129 e. The van der Waals surface area contributed by atoms with Gasteiger partial charge in [0, 0.05) is 36.8 Å². The van der Waals surface area contributed by atoms with Gasteiger partial charge in [-0.05, 0) is 43.9 Å². The van der Waals surface area contributed by atoms with Crippen molar-refractivity contribution in [3.05, 3.63) is 29.6 Å². The molecule has 4 heteroatoms. The summed E-state index contributed by atoms with van der Waals surface area (Å²) in [6.07, 6.45) is 2.90. The van der Waals surface area contributed by atoms with Crippen LogP contribution >= 0.6 is 0 Å². The predicted molar refractivity (Wildman–Crippen MR) is 82.8 cm³/mol. The van der Waals surface area contributed by atoms with E-state index in [-0.39, 0.29) is 11.9 Å². The maximum absolute atomic E-state index is 14.2. The average Bonchev–Trinajstić information content (AvgIpc) is 3.03. The quantitative estimate of drug-likeness (QED) is 0.819. The van der Waals surface area contributed by atoms with Crippen molar-refractivity contribution in [2.45, 2.75) is 38.8 Å². The number of benzene rings is 1. The molecular weight excluding hydrogens is 267 g/mol. The van der Waals surface area contributed by atoms with E-state index in [0.717, 1.165) is 50.1 Å². The van der Waals surface area contributed by atoms with Crippen LogP contribution in [0.2, 0.25) is 0 Å². The van der Waals surface area contributed by atoms with Gasteiger partial charge in [-0.15, -0.1) is 0 Å². The minimum atomic E-state index is -0.171. The minimum absolute atomic E-state index is 0.131. The van der Waals surface area contributed by atoms with Gasteiger partial charge in [-0.2, -0.15) is 0 Å². The Hall–Kier alpha value is -1.13. The van der Waals surface area contributed by atoms with Gasteiger partial charge in [0.25, 0.3) is 0 Å². The summed E-state index contributed by atoms with van der Waals surface area (Å²) < 4.78 is 14.2. The molecule has 21 heavy (non-hydrogen) atoms. The molecule has 1 heterocycles. The van der Waals surface area contributed by atoms with E-state index in [2.05, 4.69) is 17.1 Å². The first-order valence-corrected chi connectivity index (χ1v) is 8.11. The monoisotopic (exact) mass is 292 g/mol. The number of anilines is 1. The van der Waals surface area contributed by atoms with E-state index in [1.807, 2.05) is 6.07 Å². The van der Waals surface area contributed by atoms with Gasteiger partial charge in [0.15, 0.2) is 0 Å². The molecule has 0 radical (unpaired) electrons. The van der Waals surface area contributed by atoms with Crippen molar-refractivity contribution in [1.29, 1.82) is 0 Å². The Balaban J connectivity index is 1.77. The molecule has 1 aliphatic carbocycles. The SMILES string of the molecule is CCCNCc1c(F)cccc1N1CC2CCC(O)C2C1. The third-order valence-corrected chi connectivity index (χ3v) is 4.98. The number of halogens is 1. The highest BCUT2D eigenvalue weighted by Gasteiger charge is 2.42. The van der Waals surface area contributed by atoms with E-state index in [0.29, 0.717) is 18.4 Å². The number of aliphatic hydroxyl groups excluding tert-OH is 1. The van der Waals surface area contributed by atoms with Crippen LogP contribution in [0.3, 0.4) is 0 Å². The van der Waals surface area contributed by atoms with Gasteiger partial charge >= 0.3 is 0 Å². The lowest BCUT2D eigenvalue weighted by molar-refractivity contribution is 0.133. The van der Waals surface area contributed by atoms with Crippen molar-refractivity contribution in [2.75, 3.05) is 24.5 Å². The molecule has 0 aromatic heterocycles. The van der Waals surface area contributed by atoms with Crippen molar-refractivity contribution < 1.29 is 9.50 Å². The van der Waals surface area contributed by atoms with Crippen LogP contribution in [0, 0.1) is 17.7 Å². The van der Waals surface area contributed by atoms with Crippen molar-refractivity contribution in [3.63, 3.8) is 0 Å². The van der Waals surface area contributed by atoms with Crippen LogP contribution in [0.5, 0.6) is 0 Å². The van der Waals surface area contributed by atoms with E-state index in [9.17, 15) is 9.50 Å². The molecular formula is C17H25FN2O. The van der Waals surface area contributed by atoms with Crippen LogP contribution < -0.4 is 10.2 Å². The summed E-state index contributed by atoms with van der Waals surface area (Å²) in [5.41, 5.74) is 1.76. The van der Waals surface area contributed by atoms with E-state index >= 15 is 0 Å². The fraction of sp³-hybridized carbons (Fsp3) is 0.647. The molecule has 2 N–H and O–H groups in total. The third kappa shape index (κ3) is 2.92. The van der Waals surface area contributed by atoms with E-state index in [1.54, 1.807) is 6.07 Å². The van der Waals surface area contributed by atoms with E-state index in [4.69, 9.17) is 0 Å². The molecule has 1 aliphatic heterocycles. The molecule has 1 saturated carbocycles. The fourth-order valence-corrected chi connectivity index (χ4v) is 3.84. The van der Waals surface area contributed by atoms with Crippen LogP contribution in [-0.4, -0.2) is 30.8 Å². The summed E-state index contributed by atoms with van der Waals surface area (Å²) in [4.78, 5) is 2.27. The molecule has 3 atom stereocenters. The summed E-state index contributed by atoms with van der Waals surface area (Å²) >= 11 is 0. The Kier molecular flexibility index (Phi) is 4.45. The number of hydrogen-bond acceptors (Lipinski definition) is 3. The lowest BCUT2D eigenvalue weighted by Gasteiger charge is -2.24. The van der Waals surface area contributed by atoms with Gasteiger partial charge in [-0.1, -0.05) is 13.0 Å². The zero-order valence-electron chi connectivity index (χ0n) is 12.7. The third-order valence-electron chi connectivity index (χ3n) is 4.98. The molecule has 2 fully saturated rings. The van der Waals surface area contributed by atoms with Crippen LogP contribution in [0.1, 0.15) is 31.7 Å². The van der Waals surface area contributed by atoms with Crippen molar-refractivity contribution >= 4 is 5.69 Å². The molecule has 1 aromatic carbocycles. The predicted octanol–water partition coefficient (Wildman–Crippen LogP) is 2.53. The Morgan fingerprint density at radius 3 is 2.95 bits per heavy atom. The Labute approximate surface area is 126 Å². The zero-order valence-corrected chi connectivity index (χ0v) is 12.7. The fourth-order valence-electron chi connectivity index (χ4n) is 3.84. The first-order valence-electron chi connectivity index (χ1n) is 8.11. The number of rotatable bonds is 5. The molecule has 0 spiro atoms. The molecule has 3 rings (SSSR count). The maximum Gasteiger partial charge on any atom is 0.129 e. The molecule has 116 valence electrons. The first-order chi connectivity index (χ1) is 10.2. The lowest BCUT2D eigenvalue weighted by Crippen LogP contribution is -2.26. The van der Waals surface area contributed by atoms with Gasteiger partial charge in [0.1, 0.15) is 5.82 Å². The van der Waals surface area contributed by atoms with Gasteiger partial charge in [0.2, 0.25) is 0 Å². The van der Waals surface area contributed by atoms with Gasteiger partial charge < -0.3 is 15.3 Å². The normalized spacial score (nSPS) is 28.1. The highest BCUT2D eigenvalue weighted by atomic mass is 19.1. The molecule has 0 amide bonds. The summed E-state index contributed by atoms with van der Waals surface area (Å²) in [6, 6.07) is 5.34. The maximum atomic E-state index is 14.2. The zero-order chi connectivity index (χ0) is 14.8. The molecule has 0 bridgehead atoms. The van der Waals surface area contributed by atoms with Crippen LogP contribution in [0.4, 0.5) is 10.1 Å². The van der Waals surface area contributed by atoms with Crippen LogP contribution in [0.15, 0.2) is 18.2 Å². The highest BCUT2D eigenvalue weighted by Crippen LogP contribution is 2.40.